The van der Waals surface area contributed by atoms with E-state index in [0.717, 1.165) is 22.0 Å². The maximum absolute atomic E-state index is 12.0. The molecule has 21 heavy (non-hydrogen) atoms. The summed E-state index contributed by atoms with van der Waals surface area (Å²) >= 11 is 4.60. The maximum atomic E-state index is 12.0. The van der Waals surface area contributed by atoms with E-state index in [1.165, 1.54) is 28.0 Å². The Morgan fingerprint density at radius 2 is 2.29 bits per heavy atom. The first-order valence-electron chi connectivity index (χ1n) is 6.37. The number of aromatic amines is 1. The van der Waals surface area contributed by atoms with Crippen LogP contribution in [0.5, 0.6) is 0 Å². The second-order valence-corrected chi connectivity index (χ2v) is 7.71. The summed E-state index contributed by atoms with van der Waals surface area (Å²) in [5, 5.41) is 9.75. The molecule has 0 aromatic carbocycles. The molecule has 0 aliphatic heterocycles. The van der Waals surface area contributed by atoms with Gasteiger partial charge in [0.05, 0.1) is 10.6 Å². The van der Waals surface area contributed by atoms with Crippen LogP contribution in [-0.2, 0) is 6.42 Å². The number of aromatic nitrogens is 3. The average Bonchev–Trinajstić information content (AvgIpc) is 3.19. The lowest BCUT2D eigenvalue weighted by Gasteiger charge is -1.94. The van der Waals surface area contributed by atoms with E-state index in [0.29, 0.717) is 10.9 Å². The Hall–Kier alpha value is -1.44. The van der Waals surface area contributed by atoms with Gasteiger partial charge in [0.25, 0.3) is 0 Å². The van der Waals surface area contributed by atoms with Crippen LogP contribution in [0, 0.1) is 6.92 Å². The van der Waals surface area contributed by atoms with E-state index in [-0.39, 0.29) is 5.78 Å². The molecule has 0 fully saturated rings. The Kier molecular flexibility index (Phi) is 4.52. The number of Topliss-reactive ketones (excluding diaryl/α,β-unsaturated/α-hetero) is 1. The van der Waals surface area contributed by atoms with Crippen molar-refractivity contribution in [1.82, 2.24) is 15.2 Å². The molecule has 3 rings (SSSR count). The predicted octanol–water partition coefficient (Wildman–Crippen LogP) is 3.80. The average molecular weight is 335 g/mol. The third-order valence-electron chi connectivity index (χ3n) is 2.78. The summed E-state index contributed by atoms with van der Waals surface area (Å²) < 4.78 is 0. The molecule has 0 amide bonds. The fourth-order valence-electron chi connectivity index (χ4n) is 1.79. The van der Waals surface area contributed by atoms with Gasteiger partial charge >= 0.3 is 0 Å². The lowest BCUT2D eigenvalue weighted by Crippen LogP contribution is -1.99. The summed E-state index contributed by atoms with van der Waals surface area (Å²) in [4.78, 5) is 19.6. The lowest BCUT2D eigenvalue weighted by atomic mass is 10.3. The van der Waals surface area contributed by atoms with E-state index < -0.39 is 0 Å². The van der Waals surface area contributed by atoms with Gasteiger partial charge in [-0.2, -0.15) is 0 Å². The van der Waals surface area contributed by atoms with Gasteiger partial charge in [0, 0.05) is 16.2 Å². The van der Waals surface area contributed by atoms with Crippen LogP contribution in [-0.4, -0.2) is 26.7 Å². The summed E-state index contributed by atoms with van der Waals surface area (Å²) in [6.45, 7) is 2.00. The molecule has 4 nitrogen and oxygen atoms in total. The van der Waals surface area contributed by atoms with Gasteiger partial charge in [-0.15, -0.1) is 27.8 Å². The normalized spacial score (nSPS) is 10.9. The number of thioether (sulfide) groups is 1. The van der Waals surface area contributed by atoms with Gasteiger partial charge in [-0.1, -0.05) is 17.8 Å². The highest BCUT2D eigenvalue weighted by Crippen LogP contribution is 2.20. The first-order chi connectivity index (χ1) is 10.2. The van der Waals surface area contributed by atoms with Crippen molar-refractivity contribution in [1.29, 1.82) is 0 Å². The largest absolute Gasteiger partial charge is 0.292 e. The molecular formula is C14H13N3OS3. The molecular weight excluding hydrogens is 322 g/mol. The van der Waals surface area contributed by atoms with Gasteiger partial charge in [0.1, 0.15) is 5.82 Å². The topological polar surface area (TPSA) is 58.6 Å². The summed E-state index contributed by atoms with van der Waals surface area (Å²) in [7, 11) is 0. The van der Waals surface area contributed by atoms with Crippen LogP contribution in [0.25, 0.3) is 0 Å². The quantitative estimate of drug-likeness (QED) is 0.550. The number of hydrogen-bond acceptors (Lipinski definition) is 6. The van der Waals surface area contributed by atoms with Gasteiger partial charge in [-0.3, -0.25) is 9.89 Å². The van der Waals surface area contributed by atoms with Crippen molar-refractivity contribution in [3.05, 3.63) is 50.1 Å². The van der Waals surface area contributed by atoms with E-state index in [1.54, 1.807) is 11.3 Å². The van der Waals surface area contributed by atoms with Crippen molar-refractivity contribution in [2.75, 3.05) is 5.75 Å². The van der Waals surface area contributed by atoms with Crippen LogP contribution in [0.15, 0.2) is 34.8 Å². The van der Waals surface area contributed by atoms with Crippen molar-refractivity contribution in [3.8, 4) is 0 Å². The maximum Gasteiger partial charge on any atom is 0.208 e. The number of carbonyl (C=O) groups excluding carboxylic acids is 1. The molecule has 0 radical (unpaired) electrons. The highest BCUT2D eigenvalue weighted by molar-refractivity contribution is 7.99. The van der Waals surface area contributed by atoms with Crippen LogP contribution in [0.1, 0.15) is 25.3 Å². The van der Waals surface area contributed by atoms with Gasteiger partial charge in [-0.05, 0) is 30.5 Å². The molecule has 0 atom stereocenters. The number of carbonyl (C=O) groups is 1. The molecule has 0 aliphatic rings. The highest BCUT2D eigenvalue weighted by atomic mass is 32.2. The minimum atomic E-state index is 0.128. The number of rotatable bonds is 6. The predicted molar refractivity (Wildman–Crippen MR) is 87.6 cm³/mol. The third kappa shape index (κ3) is 3.81. The van der Waals surface area contributed by atoms with Gasteiger partial charge < -0.3 is 0 Å². The molecule has 3 heterocycles. The van der Waals surface area contributed by atoms with Crippen LogP contribution in [0.4, 0.5) is 0 Å². The molecule has 0 saturated heterocycles. The van der Waals surface area contributed by atoms with E-state index in [4.69, 9.17) is 0 Å². The Morgan fingerprint density at radius 3 is 3.00 bits per heavy atom. The number of aryl methyl sites for hydroxylation is 1. The van der Waals surface area contributed by atoms with Gasteiger partial charge in [0.2, 0.25) is 5.16 Å². The summed E-state index contributed by atoms with van der Waals surface area (Å²) in [6, 6.07) is 7.94. The minimum Gasteiger partial charge on any atom is -0.292 e. The van der Waals surface area contributed by atoms with Crippen LogP contribution < -0.4 is 0 Å². The van der Waals surface area contributed by atoms with Crippen LogP contribution in [0.3, 0.4) is 0 Å². The zero-order valence-corrected chi connectivity index (χ0v) is 13.8. The molecule has 0 spiro atoms. The lowest BCUT2D eigenvalue weighted by molar-refractivity contribution is 0.102. The molecule has 0 bridgehead atoms. The monoisotopic (exact) mass is 335 g/mol. The first-order valence-corrected chi connectivity index (χ1v) is 9.05. The SMILES string of the molecule is Cc1ccc(C(=O)CSc2n[nH]c(Cc3cccs3)n2)s1. The van der Waals surface area contributed by atoms with Gasteiger partial charge in [-0.25, -0.2) is 4.98 Å². The summed E-state index contributed by atoms with van der Waals surface area (Å²) in [5.74, 6) is 1.33. The summed E-state index contributed by atoms with van der Waals surface area (Å²) in [5.41, 5.74) is 0. The molecule has 3 aromatic heterocycles. The fraction of sp³-hybridized carbons (Fsp3) is 0.214. The molecule has 1 N–H and O–H groups in total. The molecule has 108 valence electrons. The molecule has 3 aromatic rings. The number of nitrogens with zero attached hydrogens (tertiary/aromatic N) is 2. The zero-order valence-electron chi connectivity index (χ0n) is 11.3. The van der Waals surface area contributed by atoms with Crippen LogP contribution in [0.2, 0.25) is 0 Å². The summed E-state index contributed by atoms with van der Waals surface area (Å²) in [6.07, 6.45) is 0.753. The van der Waals surface area contributed by atoms with E-state index in [9.17, 15) is 4.79 Å². The Bertz CT molecular complexity index is 730. The minimum absolute atomic E-state index is 0.128. The number of H-pyrrole nitrogens is 1. The third-order valence-corrected chi connectivity index (χ3v) is 5.55. The Morgan fingerprint density at radius 1 is 1.38 bits per heavy atom. The zero-order chi connectivity index (χ0) is 14.7. The fourth-order valence-corrected chi connectivity index (χ4v) is 4.09. The van der Waals surface area contributed by atoms with Gasteiger partial charge in [0.15, 0.2) is 5.78 Å². The van der Waals surface area contributed by atoms with E-state index in [2.05, 4.69) is 21.2 Å². The second kappa shape index (κ2) is 6.55. The van der Waals surface area contributed by atoms with Crippen molar-refractivity contribution >= 4 is 40.2 Å². The number of nitrogens with one attached hydrogen (secondary N) is 1. The smallest absolute Gasteiger partial charge is 0.208 e. The molecule has 7 heteroatoms. The number of ketones is 1. The number of hydrogen-bond donors (Lipinski definition) is 1. The molecule has 0 unspecified atom stereocenters. The molecule has 0 aliphatic carbocycles. The van der Waals surface area contributed by atoms with Crippen LogP contribution >= 0.6 is 34.4 Å². The number of thiophene rings is 2. The molecule has 0 saturated carbocycles. The first kappa shape index (κ1) is 14.5. The Balaban J connectivity index is 1.56. The van der Waals surface area contributed by atoms with E-state index >= 15 is 0 Å². The van der Waals surface area contributed by atoms with Crippen molar-refractivity contribution in [2.45, 2.75) is 18.5 Å². The van der Waals surface area contributed by atoms with E-state index in [1.807, 2.05) is 30.5 Å². The Labute approximate surface area is 134 Å². The van der Waals surface area contributed by atoms with Crippen molar-refractivity contribution in [2.24, 2.45) is 0 Å². The van der Waals surface area contributed by atoms with Crippen molar-refractivity contribution in [3.63, 3.8) is 0 Å². The second-order valence-electron chi connectivity index (χ2n) is 4.44. The standard InChI is InChI=1S/C14H13N3OS3/c1-9-4-5-12(21-9)11(18)8-20-14-15-13(16-17-14)7-10-3-2-6-19-10/h2-6H,7-8H2,1H3,(H,15,16,17). The van der Waals surface area contributed by atoms with Crippen molar-refractivity contribution < 1.29 is 4.79 Å². The highest BCUT2D eigenvalue weighted by Gasteiger charge is 2.11.